The Labute approximate surface area is 196 Å². The number of rotatable bonds is 8. The van der Waals surface area contributed by atoms with E-state index in [4.69, 9.17) is 10.2 Å². The molecule has 176 valence electrons. The molecule has 0 atom stereocenters. The maximum Gasteiger partial charge on any atom is 0.274 e. The van der Waals surface area contributed by atoms with E-state index in [1.54, 1.807) is 15.9 Å². The molecule has 0 unspecified atom stereocenters. The van der Waals surface area contributed by atoms with Gasteiger partial charge in [-0.3, -0.25) is 9.59 Å². The maximum absolute atomic E-state index is 13.2. The Morgan fingerprint density at radius 1 is 1.00 bits per heavy atom. The molecule has 33 heavy (non-hydrogen) atoms. The Balaban J connectivity index is 1.90. The summed E-state index contributed by atoms with van der Waals surface area (Å²) in [6, 6.07) is 8.33. The molecule has 1 aromatic carbocycles. The molecule has 0 aliphatic carbocycles. The van der Waals surface area contributed by atoms with Gasteiger partial charge in [-0.15, -0.1) is 0 Å². The van der Waals surface area contributed by atoms with Crippen LogP contribution in [0.25, 0.3) is 5.70 Å². The van der Waals surface area contributed by atoms with Crippen molar-refractivity contribution in [2.45, 2.75) is 40.0 Å². The fourth-order valence-electron chi connectivity index (χ4n) is 4.27. The average Bonchev–Trinajstić information content (AvgIpc) is 3.30. The van der Waals surface area contributed by atoms with Crippen LogP contribution in [0.4, 0.5) is 0 Å². The van der Waals surface area contributed by atoms with Gasteiger partial charge in [0.25, 0.3) is 5.91 Å². The Hall–Kier alpha value is -3.19. The van der Waals surface area contributed by atoms with E-state index in [0.717, 1.165) is 36.2 Å². The van der Waals surface area contributed by atoms with E-state index in [0.29, 0.717) is 31.9 Å². The third kappa shape index (κ3) is 5.25. The van der Waals surface area contributed by atoms with E-state index in [-0.39, 0.29) is 11.8 Å². The molecule has 7 heteroatoms. The van der Waals surface area contributed by atoms with Gasteiger partial charge in [0.1, 0.15) is 6.61 Å². The molecule has 1 fully saturated rings. The van der Waals surface area contributed by atoms with Crippen LogP contribution in [0.2, 0.25) is 0 Å². The summed E-state index contributed by atoms with van der Waals surface area (Å²) in [5.74, 6) is -0.451. The number of nitrogens with zero attached hydrogens (tertiary/aromatic N) is 4. The van der Waals surface area contributed by atoms with Gasteiger partial charge in [-0.05, 0) is 48.6 Å². The summed E-state index contributed by atoms with van der Waals surface area (Å²) in [6.07, 6.45) is 6.34. The number of carbonyl (C=O) groups excluding carboxylic acids is 2. The molecule has 0 radical (unpaired) electrons. The molecule has 7 nitrogen and oxygen atoms in total. The lowest BCUT2D eigenvalue weighted by Gasteiger charge is -2.34. The van der Waals surface area contributed by atoms with Crippen molar-refractivity contribution in [2.24, 2.45) is 0 Å². The largest absolute Gasteiger partial charge is 0.387 e. The zero-order chi connectivity index (χ0) is 24.0. The van der Waals surface area contributed by atoms with Crippen molar-refractivity contribution >= 4 is 17.5 Å². The zero-order valence-electron chi connectivity index (χ0n) is 19.9. The number of aryl methyl sites for hydroxylation is 3. The Kier molecular flexibility index (Phi) is 8.22. The minimum absolute atomic E-state index is 0.145. The van der Waals surface area contributed by atoms with Crippen LogP contribution in [-0.4, -0.2) is 69.3 Å². The van der Waals surface area contributed by atoms with Gasteiger partial charge in [0.15, 0.2) is 5.69 Å². The second-order valence-corrected chi connectivity index (χ2v) is 8.10. The van der Waals surface area contributed by atoms with Crippen LogP contribution >= 0.6 is 0 Å². The maximum atomic E-state index is 13.2. The van der Waals surface area contributed by atoms with E-state index in [1.807, 2.05) is 23.7 Å². The summed E-state index contributed by atoms with van der Waals surface area (Å²) in [4.78, 5) is 28.2. The summed E-state index contributed by atoms with van der Waals surface area (Å²) in [5, 5.41) is 13.8. The zero-order valence-corrected chi connectivity index (χ0v) is 19.9. The lowest BCUT2D eigenvalue weighted by molar-refractivity contribution is -0.135. The molecule has 3 rings (SSSR count). The van der Waals surface area contributed by atoms with E-state index in [2.05, 4.69) is 38.6 Å². The lowest BCUT2D eigenvalue weighted by atomic mass is 9.98. The Bertz CT molecular complexity index is 1050. The van der Waals surface area contributed by atoms with Gasteiger partial charge >= 0.3 is 0 Å². The van der Waals surface area contributed by atoms with Crippen LogP contribution < -0.4 is 0 Å². The van der Waals surface area contributed by atoms with E-state index >= 15 is 0 Å². The molecular formula is C26H34N4O3. The van der Waals surface area contributed by atoms with Gasteiger partial charge in [0.2, 0.25) is 5.91 Å². The van der Waals surface area contributed by atoms with Crippen molar-refractivity contribution in [1.82, 2.24) is 19.6 Å². The predicted octanol–water partition coefficient (Wildman–Crippen LogP) is 2.92. The number of carbonyl (C=O) groups is 2. The van der Waals surface area contributed by atoms with Crippen LogP contribution in [0.1, 0.15) is 53.6 Å². The highest BCUT2D eigenvalue weighted by Crippen LogP contribution is 2.24. The van der Waals surface area contributed by atoms with Gasteiger partial charge in [-0.2, -0.15) is 5.10 Å². The minimum atomic E-state index is -0.504. The van der Waals surface area contributed by atoms with E-state index in [1.165, 1.54) is 11.1 Å². The van der Waals surface area contributed by atoms with Crippen LogP contribution in [0.3, 0.4) is 0 Å². The number of aliphatic hydroxyl groups excluding tert-OH is 1. The smallest absolute Gasteiger partial charge is 0.274 e. The number of aromatic nitrogens is 2. The van der Waals surface area contributed by atoms with Crippen molar-refractivity contribution in [2.75, 3.05) is 32.8 Å². The first kappa shape index (κ1) is 24.5. The van der Waals surface area contributed by atoms with Crippen LogP contribution in [0, 0.1) is 0 Å². The van der Waals surface area contributed by atoms with Gasteiger partial charge in [-0.1, -0.05) is 45.6 Å². The van der Waals surface area contributed by atoms with Gasteiger partial charge < -0.3 is 14.9 Å². The van der Waals surface area contributed by atoms with E-state index < -0.39 is 6.61 Å². The first-order valence-electron chi connectivity index (χ1n) is 11.7. The highest BCUT2D eigenvalue weighted by Gasteiger charge is 2.27. The summed E-state index contributed by atoms with van der Waals surface area (Å²) >= 11 is 0. The van der Waals surface area contributed by atoms with Crippen LogP contribution in [0.5, 0.6) is 0 Å². The number of amides is 2. The monoisotopic (exact) mass is 450 g/mol. The minimum Gasteiger partial charge on any atom is -0.387 e. The van der Waals surface area contributed by atoms with Crippen LogP contribution in [0.15, 0.2) is 43.0 Å². The average molecular weight is 451 g/mol. The Morgan fingerprint density at radius 3 is 2.24 bits per heavy atom. The van der Waals surface area contributed by atoms with Crippen molar-refractivity contribution in [3.05, 3.63) is 71.1 Å². The molecular weight excluding hydrogens is 416 g/mol. The van der Waals surface area contributed by atoms with Gasteiger partial charge in [0.05, 0.1) is 5.70 Å². The normalized spacial score (nSPS) is 14.5. The fraction of sp³-hybridized carbons (Fsp3) is 0.423. The van der Waals surface area contributed by atoms with Gasteiger partial charge in [-0.25, -0.2) is 4.68 Å². The number of aliphatic hydroxyl groups is 1. The highest BCUT2D eigenvalue weighted by molar-refractivity contribution is 5.93. The molecule has 1 aliphatic rings. The van der Waals surface area contributed by atoms with Crippen molar-refractivity contribution in [3.63, 3.8) is 0 Å². The number of benzene rings is 1. The molecule has 0 saturated carbocycles. The fourth-order valence-corrected chi connectivity index (χ4v) is 4.27. The molecule has 0 bridgehead atoms. The molecule has 2 aromatic rings. The number of piperazine rings is 1. The van der Waals surface area contributed by atoms with Crippen molar-refractivity contribution in [3.8, 4) is 0 Å². The number of allylic oxidation sites excluding steroid dienone is 2. The standard InChI is InChI=1S/C26H34N4O3/c1-5-9-24(21-11-10-19(6-2)20(7-3)16-21)30-22(8-4)17-23(27-30)26(33)29-14-12-28(13-15-29)25(32)18-31/h5,9-11,16-17,31H,1,6-8,12-15,18H2,2-4H3/b24-9-. The Morgan fingerprint density at radius 2 is 1.67 bits per heavy atom. The van der Waals surface area contributed by atoms with Crippen molar-refractivity contribution in [1.29, 1.82) is 0 Å². The first-order chi connectivity index (χ1) is 16.0. The number of hydrogen-bond donors (Lipinski definition) is 1. The topological polar surface area (TPSA) is 78.7 Å². The second-order valence-electron chi connectivity index (χ2n) is 8.10. The third-order valence-corrected chi connectivity index (χ3v) is 6.19. The molecule has 1 saturated heterocycles. The summed E-state index contributed by atoms with van der Waals surface area (Å²) in [7, 11) is 0. The summed E-state index contributed by atoms with van der Waals surface area (Å²) < 4.78 is 1.85. The quantitative estimate of drug-likeness (QED) is 0.628. The second kappa shape index (κ2) is 11.1. The first-order valence-corrected chi connectivity index (χ1v) is 11.7. The van der Waals surface area contributed by atoms with Crippen LogP contribution in [-0.2, 0) is 24.1 Å². The van der Waals surface area contributed by atoms with Crippen molar-refractivity contribution < 1.29 is 14.7 Å². The number of hydrogen-bond acceptors (Lipinski definition) is 4. The summed E-state index contributed by atoms with van der Waals surface area (Å²) in [5.41, 5.74) is 5.91. The highest BCUT2D eigenvalue weighted by atomic mass is 16.3. The van der Waals surface area contributed by atoms with E-state index in [9.17, 15) is 9.59 Å². The predicted molar refractivity (Wildman–Crippen MR) is 130 cm³/mol. The van der Waals surface area contributed by atoms with Gasteiger partial charge in [0, 0.05) is 37.4 Å². The molecule has 1 aromatic heterocycles. The SMILES string of the molecule is C=C/C=C(/c1ccc(CC)c(CC)c1)n1nc(C(=O)N2CCN(C(=O)CO)CC2)cc1CC. The molecule has 1 aliphatic heterocycles. The summed E-state index contributed by atoms with van der Waals surface area (Å²) in [6.45, 7) is 11.4. The molecule has 1 N–H and O–H groups in total. The molecule has 0 spiro atoms. The third-order valence-electron chi connectivity index (χ3n) is 6.19. The molecule has 2 heterocycles. The molecule has 2 amide bonds. The lowest BCUT2D eigenvalue weighted by Crippen LogP contribution is -2.51.